The molecule has 0 saturated carbocycles. The molecule has 0 amide bonds. The summed E-state index contributed by atoms with van der Waals surface area (Å²) in [6.07, 6.45) is 1.08. The summed E-state index contributed by atoms with van der Waals surface area (Å²) in [5.74, 6) is 2.28. The number of nitrogen functional groups attached to an aromatic ring is 1. The molecule has 5 heteroatoms. The zero-order valence-corrected chi connectivity index (χ0v) is 12.7. The van der Waals surface area contributed by atoms with Crippen molar-refractivity contribution in [3.63, 3.8) is 0 Å². The molecular formula is C13H24N4S. The second-order valence-electron chi connectivity index (χ2n) is 5.58. The van der Waals surface area contributed by atoms with E-state index in [-0.39, 0.29) is 0 Å². The van der Waals surface area contributed by atoms with E-state index in [1.807, 2.05) is 18.7 Å². The second kappa shape index (κ2) is 5.03. The summed E-state index contributed by atoms with van der Waals surface area (Å²) < 4.78 is 2.37. The van der Waals surface area contributed by atoms with E-state index in [0.717, 1.165) is 49.0 Å². The molecule has 0 aliphatic carbocycles. The molecule has 4 nitrogen and oxygen atoms in total. The maximum atomic E-state index is 6.22. The first-order valence-electron chi connectivity index (χ1n) is 6.66. The smallest absolute Gasteiger partial charge is 0.150 e. The van der Waals surface area contributed by atoms with Crippen LogP contribution in [0.3, 0.4) is 0 Å². The monoisotopic (exact) mass is 268 g/mol. The van der Waals surface area contributed by atoms with Crippen LogP contribution >= 0.6 is 11.8 Å². The molecule has 18 heavy (non-hydrogen) atoms. The van der Waals surface area contributed by atoms with Gasteiger partial charge in [0.15, 0.2) is 5.82 Å². The quantitative estimate of drug-likeness (QED) is 0.915. The van der Waals surface area contributed by atoms with E-state index in [1.165, 1.54) is 0 Å². The molecule has 1 aromatic heterocycles. The van der Waals surface area contributed by atoms with E-state index in [0.29, 0.717) is 4.75 Å². The fourth-order valence-electron chi connectivity index (χ4n) is 2.48. The van der Waals surface area contributed by atoms with Crippen LogP contribution in [0.1, 0.15) is 32.9 Å². The van der Waals surface area contributed by atoms with Crippen molar-refractivity contribution in [1.29, 1.82) is 0 Å². The fraction of sp³-hybridized carbons (Fsp3) is 0.769. The van der Waals surface area contributed by atoms with Gasteiger partial charge in [-0.05, 0) is 27.2 Å². The van der Waals surface area contributed by atoms with Crippen molar-refractivity contribution in [2.75, 3.05) is 29.5 Å². The highest BCUT2D eigenvalue weighted by Crippen LogP contribution is 2.35. The number of nitrogens with two attached hydrogens (primary N) is 1. The minimum absolute atomic E-state index is 0.292. The van der Waals surface area contributed by atoms with Crippen molar-refractivity contribution in [3.8, 4) is 0 Å². The van der Waals surface area contributed by atoms with Crippen molar-refractivity contribution in [1.82, 2.24) is 9.78 Å². The van der Waals surface area contributed by atoms with Gasteiger partial charge < -0.3 is 10.6 Å². The van der Waals surface area contributed by atoms with Gasteiger partial charge in [-0.2, -0.15) is 16.9 Å². The van der Waals surface area contributed by atoms with Crippen LogP contribution in [0.25, 0.3) is 0 Å². The van der Waals surface area contributed by atoms with Gasteiger partial charge in [-0.1, -0.05) is 6.92 Å². The minimum atomic E-state index is 0.292. The van der Waals surface area contributed by atoms with Crippen molar-refractivity contribution in [2.24, 2.45) is 0 Å². The molecule has 0 unspecified atom stereocenters. The molecule has 1 aliphatic heterocycles. The third-order valence-corrected chi connectivity index (χ3v) is 4.60. The SMILES string of the molecule is CCCn1nc(C)c(N)c1N1CCSC(C)(C)C1. The Kier molecular flexibility index (Phi) is 3.80. The molecule has 0 spiro atoms. The van der Waals surface area contributed by atoms with Gasteiger partial charge in [0.2, 0.25) is 0 Å². The first-order valence-corrected chi connectivity index (χ1v) is 7.65. The molecule has 1 fully saturated rings. The summed E-state index contributed by atoms with van der Waals surface area (Å²) >= 11 is 2.04. The van der Waals surface area contributed by atoms with Crippen LogP contribution in [-0.4, -0.2) is 33.4 Å². The van der Waals surface area contributed by atoms with Gasteiger partial charge in [-0.25, -0.2) is 4.68 Å². The highest BCUT2D eigenvalue weighted by molar-refractivity contribution is 8.00. The Morgan fingerprint density at radius 2 is 2.17 bits per heavy atom. The number of aromatic nitrogens is 2. The number of rotatable bonds is 3. The molecule has 0 aromatic carbocycles. The molecule has 102 valence electrons. The first-order chi connectivity index (χ1) is 8.44. The van der Waals surface area contributed by atoms with Crippen molar-refractivity contribution < 1.29 is 0 Å². The molecule has 0 atom stereocenters. The number of nitrogens with zero attached hydrogens (tertiary/aromatic N) is 3. The summed E-state index contributed by atoms with van der Waals surface area (Å²) in [5.41, 5.74) is 8.03. The Morgan fingerprint density at radius 3 is 2.78 bits per heavy atom. The minimum Gasteiger partial charge on any atom is -0.394 e. The predicted octanol–water partition coefficient (Wildman–Crippen LogP) is 2.52. The van der Waals surface area contributed by atoms with Gasteiger partial charge >= 0.3 is 0 Å². The number of hydrogen-bond donors (Lipinski definition) is 1. The maximum absolute atomic E-state index is 6.22. The summed E-state index contributed by atoms with van der Waals surface area (Å²) in [7, 11) is 0. The van der Waals surface area contributed by atoms with Crippen molar-refractivity contribution in [3.05, 3.63) is 5.69 Å². The molecule has 0 radical (unpaired) electrons. The summed E-state index contributed by atoms with van der Waals surface area (Å²) in [6.45, 7) is 11.8. The van der Waals surface area contributed by atoms with Crippen LogP contribution in [0.15, 0.2) is 0 Å². The molecule has 0 bridgehead atoms. The molecule has 1 aromatic rings. The van der Waals surface area contributed by atoms with Crippen LogP contribution in [0, 0.1) is 6.92 Å². The molecule has 2 rings (SSSR count). The van der Waals surface area contributed by atoms with Crippen LogP contribution < -0.4 is 10.6 Å². The number of anilines is 2. The van der Waals surface area contributed by atoms with Gasteiger partial charge in [0.1, 0.15) is 0 Å². The highest BCUT2D eigenvalue weighted by atomic mass is 32.2. The predicted molar refractivity (Wildman–Crippen MR) is 80.4 cm³/mol. The Labute approximate surface area is 114 Å². The van der Waals surface area contributed by atoms with E-state index in [1.54, 1.807) is 0 Å². The van der Waals surface area contributed by atoms with Gasteiger partial charge in [0.25, 0.3) is 0 Å². The molecule has 2 N–H and O–H groups in total. The number of thioether (sulfide) groups is 1. The molecular weight excluding hydrogens is 244 g/mol. The van der Waals surface area contributed by atoms with E-state index < -0.39 is 0 Å². The summed E-state index contributed by atoms with van der Waals surface area (Å²) in [6, 6.07) is 0. The van der Waals surface area contributed by atoms with Crippen molar-refractivity contribution in [2.45, 2.75) is 45.4 Å². The lowest BCUT2D eigenvalue weighted by Crippen LogP contribution is -2.44. The molecule has 1 saturated heterocycles. The maximum Gasteiger partial charge on any atom is 0.150 e. The Bertz CT molecular complexity index is 425. The zero-order valence-electron chi connectivity index (χ0n) is 11.9. The Hall–Kier alpha value is -0.840. The lowest BCUT2D eigenvalue weighted by molar-refractivity contribution is 0.568. The van der Waals surface area contributed by atoms with E-state index in [4.69, 9.17) is 5.73 Å². The lowest BCUT2D eigenvalue weighted by atomic mass is 10.2. The first kappa shape index (κ1) is 13.6. The van der Waals surface area contributed by atoms with Crippen LogP contribution in [0.4, 0.5) is 11.5 Å². The largest absolute Gasteiger partial charge is 0.394 e. The van der Waals surface area contributed by atoms with Gasteiger partial charge in [0, 0.05) is 30.1 Å². The summed E-state index contributed by atoms with van der Waals surface area (Å²) in [4.78, 5) is 2.40. The third kappa shape index (κ3) is 2.60. The standard InChI is InChI=1S/C13H24N4S/c1-5-6-17-12(11(14)10(2)15-17)16-7-8-18-13(3,4)9-16/h5-9,14H2,1-4H3. The number of hydrogen-bond acceptors (Lipinski definition) is 4. The Balaban J connectivity index is 2.31. The van der Waals surface area contributed by atoms with Gasteiger partial charge in [-0.3, -0.25) is 0 Å². The van der Waals surface area contributed by atoms with Gasteiger partial charge in [0.05, 0.1) is 11.4 Å². The average Bonchev–Trinajstić information content (AvgIpc) is 2.54. The highest BCUT2D eigenvalue weighted by Gasteiger charge is 2.30. The second-order valence-corrected chi connectivity index (χ2v) is 7.38. The van der Waals surface area contributed by atoms with Crippen molar-refractivity contribution >= 4 is 23.3 Å². The van der Waals surface area contributed by atoms with Crippen LogP contribution in [0.5, 0.6) is 0 Å². The number of aryl methyl sites for hydroxylation is 2. The lowest BCUT2D eigenvalue weighted by Gasteiger charge is -2.39. The normalized spacial score (nSPS) is 19.2. The van der Waals surface area contributed by atoms with E-state index in [2.05, 4.69) is 35.5 Å². The molecule has 1 aliphatic rings. The Morgan fingerprint density at radius 1 is 1.44 bits per heavy atom. The summed E-state index contributed by atoms with van der Waals surface area (Å²) in [5, 5.41) is 4.57. The third-order valence-electron chi connectivity index (χ3n) is 3.31. The van der Waals surface area contributed by atoms with E-state index >= 15 is 0 Å². The van der Waals surface area contributed by atoms with Gasteiger partial charge in [-0.15, -0.1) is 0 Å². The molecule has 2 heterocycles. The fourth-order valence-corrected chi connectivity index (χ4v) is 3.59. The van der Waals surface area contributed by atoms with Crippen LogP contribution in [0.2, 0.25) is 0 Å². The zero-order chi connectivity index (χ0) is 13.3. The van der Waals surface area contributed by atoms with Crippen LogP contribution in [-0.2, 0) is 6.54 Å². The topological polar surface area (TPSA) is 47.1 Å². The average molecular weight is 268 g/mol. The van der Waals surface area contributed by atoms with E-state index in [9.17, 15) is 0 Å².